The van der Waals surface area contributed by atoms with E-state index in [1.807, 2.05) is 0 Å². The van der Waals surface area contributed by atoms with Crippen molar-refractivity contribution >= 4 is 42.4 Å². The van der Waals surface area contributed by atoms with Crippen molar-refractivity contribution in [2.45, 2.75) is 31.6 Å². The van der Waals surface area contributed by atoms with Gasteiger partial charge in [-0.15, -0.1) is 11.6 Å². The van der Waals surface area contributed by atoms with Gasteiger partial charge in [-0.25, -0.2) is 4.39 Å². The van der Waals surface area contributed by atoms with E-state index in [0.29, 0.717) is 12.3 Å². The second kappa shape index (κ2) is 10.2. The lowest BCUT2D eigenvalue weighted by Crippen LogP contribution is -2.11. The summed E-state index contributed by atoms with van der Waals surface area (Å²) in [6.07, 6.45) is -4.22. The number of nitrogens with zero attached hydrogens (tertiary/aromatic N) is 1. The normalized spacial score (nSPS) is 13.5. The molecular formula is C18H17Cl3F4NO3P. The van der Waals surface area contributed by atoms with Crippen LogP contribution in [0.5, 0.6) is 0 Å². The third kappa shape index (κ3) is 5.87. The van der Waals surface area contributed by atoms with E-state index in [4.69, 9.17) is 43.9 Å². The van der Waals surface area contributed by atoms with E-state index in [1.165, 1.54) is 6.07 Å². The minimum absolute atomic E-state index is 0.0236. The Morgan fingerprint density at radius 1 is 1.10 bits per heavy atom. The van der Waals surface area contributed by atoms with E-state index in [1.54, 1.807) is 13.8 Å². The Hall–Kier alpha value is -0.890. The molecule has 0 saturated heterocycles. The van der Waals surface area contributed by atoms with Gasteiger partial charge in [0.25, 0.3) is 0 Å². The van der Waals surface area contributed by atoms with Crippen LogP contribution in [-0.4, -0.2) is 23.3 Å². The van der Waals surface area contributed by atoms with Crippen LogP contribution < -0.4 is 0 Å². The van der Waals surface area contributed by atoms with Gasteiger partial charge in [-0.05, 0) is 37.6 Å². The Balaban J connectivity index is 2.45. The first-order chi connectivity index (χ1) is 13.9. The fourth-order valence-corrected chi connectivity index (χ4v) is 5.11. The van der Waals surface area contributed by atoms with Crippen LogP contribution in [-0.2, 0) is 26.2 Å². The second-order valence-electron chi connectivity index (χ2n) is 5.99. The summed E-state index contributed by atoms with van der Waals surface area (Å²) in [5.41, 5.74) is -1.19. The average molecular weight is 509 g/mol. The van der Waals surface area contributed by atoms with Crippen molar-refractivity contribution in [1.29, 1.82) is 0 Å². The van der Waals surface area contributed by atoms with Gasteiger partial charge in [-0.3, -0.25) is 9.55 Å². The molecule has 1 atom stereocenters. The molecular weight excluding hydrogens is 492 g/mol. The van der Waals surface area contributed by atoms with Crippen LogP contribution in [0.2, 0.25) is 10.0 Å². The Morgan fingerprint density at radius 2 is 1.70 bits per heavy atom. The summed E-state index contributed by atoms with van der Waals surface area (Å²) in [7, 11) is -3.68. The van der Waals surface area contributed by atoms with E-state index >= 15 is 0 Å². The first kappa shape index (κ1) is 25.4. The predicted molar refractivity (Wildman–Crippen MR) is 109 cm³/mol. The van der Waals surface area contributed by atoms with Gasteiger partial charge >= 0.3 is 13.8 Å². The van der Waals surface area contributed by atoms with Crippen molar-refractivity contribution in [3.63, 3.8) is 0 Å². The second-order valence-corrected chi connectivity index (χ2v) is 9.85. The minimum atomic E-state index is -4.65. The number of halogens is 7. The lowest BCUT2D eigenvalue weighted by atomic mass is 10.0. The van der Waals surface area contributed by atoms with E-state index < -0.39 is 35.3 Å². The van der Waals surface area contributed by atoms with Crippen molar-refractivity contribution in [2.24, 2.45) is 0 Å². The van der Waals surface area contributed by atoms with E-state index in [2.05, 4.69) is 4.98 Å². The Kier molecular flexibility index (Phi) is 8.59. The maximum Gasteiger partial charge on any atom is 0.417 e. The Labute approximate surface area is 186 Å². The van der Waals surface area contributed by atoms with Crippen molar-refractivity contribution in [3.05, 3.63) is 51.4 Å². The van der Waals surface area contributed by atoms with Crippen molar-refractivity contribution in [1.82, 2.24) is 4.98 Å². The molecule has 0 saturated carbocycles. The SMILES string of the molecule is CCOP(=O)(OCC)C(Cl)Cc1cc(-c2ncc(C(F)(F)F)cc2Cl)c(F)cc1Cl. The van der Waals surface area contributed by atoms with Crippen LogP contribution in [0.4, 0.5) is 17.6 Å². The molecule has 1 unspecified atom stereocenters. The number of aromatic nitrogens is 1. The minimum Gasteiger partial charge on any atom is -0.308 e. The molecule has 0 amide bonds. The summed E-state index contributed by atoms with van der Waals surface area (Å²) in [5, 5.41) is -1.55. The zero-order chi connectivity index (χ0) is 22.7. The van der Waals surface area contributed by atoms with Crippen LogP contribution in [0.3, 0.4) is 0 Å². The number of hydrogen-bond donors (Lipinski definition) is 0. The molecule has 2 rings (SSSR count). The zero-order valence-electron chi connectivity index (χ0n) is 15.8. The van der Waals surface area contributed by atoms with Crippen LogP contribution in [0.15, 0.2) is 24.4 Å². The molecule has 166 valence electrons. The third-order valence-corrected chi connectivity index (χ3v) is 7.53. The van der Waals surface area contributed by atoms with Gasteiger partial charge in [-0.1, -0.05) is 23.2 Å². The molecule has 0 aliphatic carbocycles. The number of pyridine rings is 1. The molecule has 0 spiro atoms. The fraction of sp³-hybridized carbons (Fsp3) is 0.389. The molecule has 30 heavy (non-hydrogen) atoms. The first-order valence-corrected chi connectivity index (χ1v) is 11.5. The highest BCUT2D eigenvalue weighted by molar-refractivity contribution is 7.56. The monoisotopic (exact) mass is 507 g/mol. The first-order valence-electron chi connectivity index (χ1n) is 8.66. The molecule has 0 radical (unpaired) electrons. The molecule has 12 heteroatoms. The van der Waals surface area contributed by atoms with Gasteiger partial charge in [0, 0.05) is 23.2 Å². The lowest BCUT2D eigenvalue weighted by molar-refractivity contribution is -0.137. The molecule has 1 aromatic carbocycles. The van der Waals surface area contributed by atoms with E-state index in [0.717, 1.165) is 6.07 Å². The molecule has 0 aliphatic heterocycles. The molecule has 0 N–H and O–H groups in total. The molecule has 0 bridgehead atoms. The van der Waals surface area contributed by atoms with Crippen LogP contribution in [0.25, 0.3) is 11.3 Å². The van der Waals surface area contributed by atoms with E-state index in [-0.39, 0.29) is 41.5 Å². The topological polar surface area (TPSA) is 48.4 Å². The Bertz CT molecular complexity index is 949. The highest BCUT2D eigenvalue weighted by Crippen LogP contribution is 2.56. The van der Waals surface area contributed by atoms with Gasteiger partial charge < -0.3 is 9.05 Å². The van der Waals surface area contributed by atoms with Crippen molar-refractivity contribution in [2.75, 3.05) is 13.2 Å². The maximum atomic E-state index is 14.5. The fourth-order valence-electron chi connectivity index (χ4n) is 2.58. The van der Waals surface area contributed by atoms with Crippen LogP contribution in [0.1, 0.15) is 25.0 Å². The molecule has 1 heterocycles. The van der Waals surface area contributed by atoms with Gasteiger partial charge in [0.15, 0.2) is 0 Å². The third-order valence-electron chi connectivity index (χ3n) is 3.91. The highest BCUT2D eigenvalue weighted by Gasteiger charge is 2.35. The summed E-state index contributed by atoms with van der Waals surface area (Å²) >= 11 is 18.3. The van der Waals surface area contributed by atoms with Gasteiger partial charge in [0.05, 0.1) is 29.5 Å². The number of hydrogen-bond acceptors (Lipinski definition) is 4. The average Bonchev–Trinajstić information content (AvgIpc) is 2.63. The number of benzene rings is 1. The standard InChI is InChI=1S/C18H17Cl3F4NO3P/c1-3-28-30(27,29-4-2)16(21)6-10-5-12(15(22)8-13(10)19)17-14(20)7-11(9-26-17)18(23,24)25/h5,7-9,16H,3-4,6H2,1-2H3. The summed E-state index contributed by atoms with van der Waals surface area (Å²) in [5.74, 6) is -0.846. The molecule has 0 aliphatic rings. The van der Waals surface area contributed by atoms with Gasteiger partial charge in [0.1, 0.15) is 10.9 Å². The molecule has 4 nitrogen and oxygen atoms in total. The van der Waals surface area contributed by atoms with Crippen molar-refractivity contribution < 1.29 is 31.2 Å². The highest BCUT2D eigenvalue weighted by atomic mass is 35.5. The lowest BCUT2D eigenvalue weighted by Gasteiger charge is -2.22. The van der Waals surface area contributed by atoms with Gasteiger partial charge in [0.2, 0.25) is 0 Å². The molecule has 2 aromatic rings. The zero-order valence-corrected chi connectivity index (χ0v) is 18.9. The molecule has 1 aromatic heterocycles. The summed E-state index contributed by atoms with van der Waals surface area (Å²) in [6.45, 7) is 3.43. The smallest absolute Gasteiger partial charge is 0.308 e. The predicted octanol–water partition coefficient (Wildman–Crippen LogP) is 7.59. The van der Waals surface area contributed by atoms with Crippen LogP contribution >= 0.6 is 42.4 Å². The summed E-state index contributed by atoms with van der Waals surface area (Å²) in [4.78, 5) is 3.66. The van der Waals surface area contributed by atoms with Crippen molar-refractivity contribution in [3.8, 4) is 11.3 Å². The summed E-state index contributed by atoms with van der Waals surface area (Å²) < 4.78 is 76.2. The maximum absolute atomic E-state index is 14.5. The van der Waals surface area contributed by atoms with Crippen LogP contribution in [0, 0.1) is 5.82 Å². The van der Waals surface area contributed by atoms with E-state index in [9.17, 15) is 22.1 Å². The van der Waals surface area contributed by atoms with Gasteiger partial charge in [-0.2, -0.15) is 13.2 Å². The molecule has 0 fully saturated rings. The largest absolute Gasteiger partial charge is 0.417 e. The summed E-state index contributed by atoms with van der Waals surface area (Å²) in [6, 6.07) is 2.86. The number of rotatable bonds is 8. The quantitative estimate of drug-likeness (QED) is 0.209. The number of alkyl halides is 4. The Morgan fingerprint density at radius 3 is 2.20 bits per heavy atom.